The number of aromatic nitrogens is 5. The Labute approximate surface area is 151 Å². The third kappa shape index (κ3) is 4.00. The molecule has 3 aromatic heterocycles. The molecular formula is C14H16N6OS3. The summed E-state index contributed by atoms with van der Waals surface area (Å²) in [5.74, 6) is 0.929. The highest BCUT2D eigenvalue weighted by Gasteiger charge is 2.14. The Balaban J connectivity index is 1.63. The molecule has 0 radical (unpaired) electrons. The zero-order chi connectivity index (χ0) is 16.9. The van der Waals surface area contributed by atoms with Crippen LogP contribution in [0.5, 0.6) is 0 Å². The van der Waals surface area contributed by atoms with E-state index in [1.807, 2.05) is 11.6 Å². The van der Waals surface area contributed by atoms with E-state index in [1.54, 1.807) is 16.8 Å². The molecule has 0 fully saturated rings. The van der Waals surface area contributed by atoms with Crippen molar-refractivity contribution in [3.8, 4) is 11.4 Å². The van der Waals surface area contributed by atoms with Gasteiger partial charge in [-0.15, -0.1) is 31.7 Å². The van der Waals surface area contributed by atoms with Crippen LogP contribution < -0.4 is 5.32 Å². The molecule has 7 nitrogen and oxygen atoms in total. The van der Waals surface area contributed by atoms with Crippen molar-refractivity contribution < 1.29 is 4.79 Å². The van der Waals surface area contributed by atoms with Crippen molar-refractivity contribution in [2.45, 2.75) is 24.9 Å². The normalized spacial score (nSPS) is 10.9. The Bertz CT molecular complexity index is 810. The highest BCUT2D eigenvalue weighted by atomic mass is 32.2. The van der Waals surface area contributed by atoms with Crippen molar-refractivity contribution in [2.75, 3.05) is 11.1 Å². The first-order valence-electron chi connectivity index (χ1n) is 7.33. The minimum Gasteiger partial charge on any atom is -0.305 e. The maximum atomic E-state index is 11.9. The summed E-state index contributed by atoms with van der Waals surface area (Å²) in [6.45, 7) is 2.17. The topological polar surface area (TPSA) is 85.6 Å². The maximum Gasteiger partial charge on any atom is 0.236 e. The van der Waals surface area contributed by atoms with Gasteiger partial charge < -0.3 is 4.57 Å². The van der Waals surface area contributed by atoms with Gasteiger partial charge in [0.2, 0.25) is 11.0 Å². The Hall–Kier alpha value is -1.78. The number of rotatable bonds is 7. The number of carbonyl (C=O) groups is 1. The maximum absolute atomic E-state index is 11.9. The summed E-state index contributed by atoms with van der Waals surface area (Å²) in [6, 6.07) is 2.16. The van der Waals surface area contributed by atoms with Crippen molar-refractivity contribution in [3.05, 3.63) is 21.8 Å². The molecule has 10 heteroatoms. The fourth-order valence-electron chi connectivity index (χ4n) is 2.08. The van der Waals surface area contributed by atoms with Crippen molar-refractivity contribution >= 4 is 45.5 Å². The van der Waals surface area contributed by atoms with E-state index in [0.717, 1.165) is 24.2 Å². The van der Waals surface area contributed by atoms with Gasteiger partial charge in [-0.05, 0) is 12.5 Å². The smallest absolute Gasteiger partial charge is 0.236 e. The summed E-state index contributed by atoms with van der Waals surface area (Å²) in [5.41, 5.74) is 2.65. The largest absolute Gasteiger partial charge is 0.305 e. The lowest BCUT2D eigenvalue weighted by molar-refractivity contribution is -0.113. The summed E-state index contributed by atoms with van der Waals surface area (Å²) in [6.07, 6.45) is 2.21. The molecule has 0 aliphatic carbocycles. The summed E-state index contributed by atoms with van der Waals surface area (Å²) in [5, 5.41) is 21.9. The number of aryl methyl sites for hydroxylation is 1. The fourth-order valence-corrected chi connectivity index (χ4v) is 4.22. The summed E-state index contributed by atoms with van der Waals surface area (Å²) in [4.78, 5) is 13.2. The zero-order valence-corrected chi connectivity index (χ0v) is 15.7. The van der Waals surface area contributed by atoms with Gasteiger partial charge in [-0.2, -0.15) is 0 Å². The number of thiophene rings is 1. The van der Waals surface area contributed by atoms with Gasteiger partial charge in [0, 0.05) is 22.9 Å². The molecule has 126 valence electrons. The highest BCUT2D eigenvalue weighted by Crippen LogP contribution is 2.27. The van der Waals surface area contributed by atoms with Gasteiger partial charge in [0.25, 0.3) is 0 Å². The van der Waals surface area contributed by atoms with Crippen molar-refractivity contribution in [3.63, 3.8) is 0 Å². The second-order valence-corrected chi connectivity index (χ2v) is 7.77. The lowest BCUT2D eigenvalue weighted by Crippen LogP contribution is -2.14. The number of anilines is 1. The SMILES string of the molecule is CCCc1cc(-c2nnc(SCC(=O)Nc3nncs3)n2C)cs1. The van der Waals surface area contributed by atoms with Crippen LogP contribution in [0.1, 0.15) is 18.2 Å². The Morgan fingerprint density at radius 3 is 2.96 bits per heavy atom. The van der Waals surface area contributed by atoms with Crippen LogP contribution in [0.3, 0.4) is 0 Å². The molecule has 0 aromatic carbocycles. The molecule has 0 aliphatic rings. The van der Waals surface area contributed by atoms with Gasteiger partial charge in [0.05, 0.1) is 5.75 Å². The second-order valence-electron chi connectivity index (χ2n) is 5.00. The predicted octanol–water partition coefficient (Wildman–Crippen LogP) is 3.08. The van der Waals surface area contributed by atoms with Crippen LogP contribution in [0, 0.1) is 0 Å². The van der Waals surface area contributed by atoms with Crippen LogP contribution in [0.4, 0.5) is 5.13 Å². The molecule has 0 aliphatic heterocycles. The molecule has 0 saturated heterocycles. The molecule has 1 N–H and O–H groups in total. The second kappa shape index (κ2) is 7.86. The predicted molar refractivity (Wildman–Crippen MR) is 97.6 cm³/mol. The third-order valence-corrected chi connectivity index (χ3v) is 5.81. The van der Waals surface area contributed by atoms with Gasteiger partial charge in [-0.3, -0.25) is 10.1 Å². The van der Waals surface area contributed by atoms with E-state index in [0.29, 0.717) is 10.3 Å². The first kappa shape index (κ1) is 17.1. The van der Waals surface area contributed by atoms with Crippen molar-refractivity contribution in [1.29, 1.82) is 0 Å². The van der Waals surface area contributed by atoms with Gasteiger partial charge in [-0.1, -0.05) is 36.4 Å². The van der Waals surface area contributed by atoms with Crippen LogP contribution in [0.15, 0.2) is 22.1 Å². The number of hydrogen-bond acceptors (Lipinski definition) is 8. The zero-order valence-electron chi connectivity index (χ0n) is 13.2. The van der Waals surface area contributed by atoms with Crippen LogP contribution in [-0.4, -0.2) is 36.6 Å². The number of nitrogens with one attached hydrogen (secondary N) is 1. The van der Waals surface area contributed by atoms with Crippen LogP contribution in [0.25, 0.3) is 11.4 Å². The molecule has 0 unspecified atom stereocenters. The van der Waals surface area contributed by atoms with Gasteiger partial charge >= 0.3 is 0 Å². The molecule has 3 rings (SSSR count). The van der Waals surface area contributed by atoms with Crippen molar-refractivity contribution in [1.82, 2.24) is 25.0 Å². The molecule has 24 heavy (non-hydrogen) atoms. The molecule has 3 heterocycles. The molecular weight excluding hydrogens is 364 g/mol. The average molecular weight is 381 g/mol. The fraction of sp³-hybridized carbons (Fsp3) is 0.357. The first-order chi connectivity index (χ1) is 11.7. The molecule has 1 amide bonds. The monoisotopic (exact) mass is 380 g/mol. The van der Waals surface area contributed by atoms with E-state index < -0.39 is 0 Å². The molecule has 3 aromatic rings. The van der Waals surface area contributed by atoms with Gasteiger partial charge in [-0.25, -0.2) is 0 Å². The first-order valence-corrected chi connectivity index (χ1v) is 10.1. The van der Waals surface area contributed by atoms with E-state index in [4.69, 9.17) is 0 Å². The standard InChI is InChI=1S/C14H16N6OS3/c1-3-4-10-5-9(6-22-10)12-17-19-14(20(12)2)23-7-11(21)16-13-18-15-8-24-13/h5-6,8H,3-4,7H2,1-2H3,(H,16,18,21). The van der Waals surface area contributed by atoms with Crippen molar-refractivity contribution in [2.24, 2.45) is 7.05 Å². The van der Waals surface area contributed by atoms with E-state index in [2.05, 4.69) is 44.1 Å². The number of thioether (sulfide) groups is 1. The molecule has 0 saturated carbocycles. The van der Waals surface area contributed by atoms with Gasteiger partial charge in [0.1, 0.15) is 5.51 Å². The highest BCUT2D eigenvalue weighted by molar-refractivity contribution is 7.99. The summed E-state index contributed by atoms with van der Waals surface area (Å²) < 4.78 is 1.92. The third-order valence-electron chi connectivity index (χ3n) is 3.18. The van der Waals surface area contributed by atoms with Gasteiger partial charge in [0.15, 0.2) is 11.0 Å². The average Bonchev–Trinajstić information content (AvgIpc) is 3.28. The van der Waals surface area contributed by atoms with E-state index in [1.165, 1.54) is 28.0 Å². The number of hydrogen-bond donors (Lipinski definition) is 1. The minimum atomic E-state index is -0.137. The molecule has 0 atom stereocenters. The molecule has 0 bridgehead atoms. The van der Waals surface area contributed by atoms with E-state index in [-0.39, 0.29) is 11.7 Å². The Morgan fingerprint density at radius 2 is 2.21 bits per heavy atom. The lowest BCUT2D eigenvalue weighted by atomic mass is 10.2. The Kier molecular flexibility index (Phi) is 5.59. The van der Waals surface area contributed by atoms with E-state index in [9.17, 15) is 4.79 Å². The molecule has 0 spiro atoms. The quantitative estimate of drug-likeness (QED) is 0.634. The Morgan fingerprint density at radius 1 is 1.33 bits per heavy atom. The van der Waals surface area contributed by atoms with Crippen LogP contribution in [-0.2, 0) is 18.3 Å². The van der Waals surface area contributed by atoms with Crippen LogP contribution in [0.2, 0.25) is 0 Å². The lowest BCUT2D eigenvalue weighted by Gasteiger charge is -2.02. The van der Waals surface area contributed by atoms with Crippen LogP contribution >= 0.6 is 34.4 Å². The summed E-state index contributed by atoms with van der Waals surface area (Å²) >= 11 is 4.38. The number of nitrogens with zero attached hydrogens (tertiary/aromatic N) is 5. The number of carbonyl (C=O) groups excluding carboxylic acids is 1. The summed E-state index contributed by atoms with van der Waals surface area (Å²) in [7, 11) is 1.91. The van der Waals surface area contributed by atoms with E-state index >= 15 is 0 Å². The minimum absolute atomic E-state index is 0.137. The number of amides is 1.